The Morgan fingerprint density at radius 1 is 1.08 bits per heavy atom. The molecule has 0 bridgehead atoms. The van der Waals surface area contributed by atoms with Gasteiger partial charge in [0.2, 0.25) is 0 Å². The number of carbonyl (C=O) groups excluding carboxylic acids is 1. The van der Waals surface area contributed by atoms with E-state index in [-0.39, 0.29) is 23.6 Å². The lowest BCUT2D eigenvalue weighted by atomic mass is 9.45. The van der Waals surface area contributed by atoms with Crippen LogP contribution >= 0.6 is 0 Å². The van der Waals surface area contributed by atoms with Crippen LogP contribution in [0.4, 0.5) is 0 Å². The molecule has 5 heteroatoms. The molecule has 2 saturated carbocycles. The van der Waals surface area contributed by atoms with Crippen molar-refractivity contribution in [2.24, 2.45) is 22.7 Å². The van der Waals surface area contributed by atoms with Crippen molar-refractivity contribution in [2.45, 2.75) is 71.8 Å². The van der Waals surface area contributed by atoms with Crippen molar-refractivity contribution in [2.75, 3.05) is 34.2 Å². The first kappa shape index (κ1) is 21.6. The third-order valence-corrected chi connectivity index (χ3v) is 7.24. The first-order chi connectivity index (χ1) is 12.2. The summed E-state index contributed by atoms with van der Waals surface area (Å²) in [5.41, 5.74) is 0.362. The third kappa shape index (κ3) is 4.42. The van der Waals surface area contributed by atoms with Crippen LogP contribution in [0.3, 0.4) is 0 Å². The van der Waals surface area contributed by atoms with Gasteiger partial charge in [0, 0.05) is 13.7 Å². The van der Waals surface area contributed by atoms with E-state index < -0.39 is 0 Å². The van der Waals surface area contributed by atoms with Crippen molar-refractivity contribution in [1.82, 2.24) is 0 Å². The zero-order chi connectivity index (χ0) is 19.4. The van der Waals surface area contributed by atoms with Gasteiger partial charge in [0.25, 0.3) is 0 Å². The van der Waals surface area contributed by atoms with Gasteiger partial charge < -0.3 is 18.9 Å². The zero-order valence-corrected chi connectivity index (χ0v) is 17.6. The van der Waals surface area contributed by atoms with Gasteiger partial charge in [0.1, 0.15) is 13.4 Å². The number of esters is 1. The van der Waals surface area contributed by atoms with E-state index >= 15 is 0 Å². The summed E-state index contributed by atoms with van der Waals surface area (Å²) in [6.45, 7) is 10.4. The first-order valence-electron chi connectivity index (χ1n) is 9.97. The van der Waals surface area contributed by atoms with Crippen LogP contribution in [-0.4, -0.2) is 45.8 Å². The monoisotopic (exact) mass is 370 g/mol. The topological polar surface area (TPSA) is 54.0 Å². The Kier molecular flexibility index (Phi) is 7.14. The molecule has 2 fully saturated rings. The van der Waals surface area contributed by atoms with E-state index in [0.717, 1.165) is 12.8 Å². The summed E-state index contributed by atoms with van der Waals surface area (Å²) < 4.78 is 21.7. The number of carbonyl (C=O) groups is 1. The lowest BCUT2D eigenvalue weighted by Gasteiger charge is -2.62. The van der Waals surface area contributed by atoms with Gasteiger partial charge >= 0.3 is 5.97 Å². The number of hydrogen-bond acceptors (Lipinski definition) is 5. The molecule has 0 aliphatic heterocycles. The summed E-state index contributed by atoms with van der Waals surface area (Å²) in [6, 6.07) is 0. The van der Waals surface area contributed by atoms with E-state index in [1.54, 1.807) is 7.11 Å². The van der Waals surface area contributed by atoms with Crippen molar-refractivity contribution in [3.63, 3.8) is 0 Å². The molecule has 0 aromatic rings. The molecule has 0 aromatic heterocycles. The minimum atomic E-state index is -0.324. The third-order valence-electron chi connectivity index (χ3n) is 7.24. The highest BCUT2D eigenvalue weighted by atomic mass is 16.7. The number of rotatable bonds is 8. The lowest BCUT2D eigenvalue weighted by Crippen LogP contribution is -2.58. The van der Waals surface area contributed by atoms with E-state index in [0.29, 0.717) is 30.7 Å². The quantitative estimate of drug-likeness (QED) is 0.364. The normalized spacial score (nSPS) is 36.4. The van der Waals surface area contributed by atoms with Gasteiger partial charge in [-0.25, -0.2) is 4.79 Å². The Labute approximate surface area is 159 Å². The summed E-state index contributed by atoms with van der Waals surface area (Å²) in [6.07, 6.45) is 6.92. The summed E-state index contributed by atoms with van der Waals surface area (Å²) >= 11 is 0. The van der Waals surface area contributed by atoms with Gasteiger partial charge in [-0.3, -0.25) is 0 Å². The van der Waals surface area contributed by atoms with Crippen LogP contribution in [0.1, 0.15) is 66.2 Å². The van der Waals surface area contributed by atoms with Crippen LogP contribution in [0.15, 0.2) is 0 Å². The minimum Gasteiger partial charge on any atom is -0.467 e. The van der Waals surface area contributed by atoms with Crippen LogP contribution in [0, 0.1) is 22.7 Å². The van der Waals surface area contributed by atoms with E-state index in [1.807, 2.05) is 0 Å². The smallest absolute Gasteiger partial charge is 0.331 e. The van der Waals surface area contributed by atoms with Crippen molar-refractivity contribution < 1.29 is 23.7 Å². The average molecular weight is 371 g/mol. The van der Waals surface area contributed by atoms with Gasteiger partial charge in [0.15, 0.2) is 0 Å². The predicted molar refractivity (Wildman–Crippen MR) is 101 cm³/mol. The number of ether oxygens (including phenoxy) is 4. The molecule has 0 spiro atoms. The molecule has 2 aliphatic rings. The Hall–Kier alpha value is -0.650. The Bertz CT molecular complexity index is 477. The highest BCUT2D eigenvalue weighted by molar-refractivity contribution is 5.70. The molecule has 5 nitrogen and oxygen atoms in total. The second-order valence-electron chi connectivity index (χ2n) is 9.27. The summed E-state index contributed by atoms with van der Waals surface area (Å²) in [4.78, 5) is 11.3. The number of methoxy groups -OCH3 is 2. The highest BCUT2D eigenvalue weighted by Crippen LogP contribution is 2.63. The van der Waals surface area contributed by atoms with Gasteiger partial charge in [-0.1, -0.05) is 27.2 Å². The fraction of sp³-hybridized carbons (Fsp3) is 0.952. The number of fused-ring (bicyclic) bond motifs is 1. The molecule has 0 heterocycles. The molecule has 0 saturated heterocycles. The standard InChI is InChI=1S/C21H38O5/c1-19(2)10-7-11-20(3)16(19)8-12-21(4,26-15-23-5)17(20)9-13-25-14-18(22)24-6/h16-17H,7-15H2,1-6H3/t16-,17+,20-,21+/m0/s1. The molecule has 0 amide bonds. The van der Waals surface area contributed by atoms with Crippen LogP contribution < -0.4 is 0 Å². The Morgan fingerprint density at radius 3 is 2.46 bits per heavy atom. The van der Waals surface area contributed by atoms with Crippen LogP contribution in [0.5, 0.6) is 0 Å². The van der Waals surface area contributed by atoms with Gasteiger partial charge in [-0.15, -0.1) is 0 Å². The largest absolute Gasteiger partial charge is 0.467 e. The fourth-order valence-electron chi connectivity index (χ4n) is 6.02. The second kappa shape index (κ2) is 8.57. The maximum absolute atomic E-state index is 11.3. The summed E-state index contributed by atoms with van der Waals surface area (Å²) in [7, 11) is 3.06. The van der Waals surface area contributed by atoms with E-state index in [9.17, 15) is 4.79 Å². The minimum absolute atomic E-state index is 0.0184. The van der Waals surface area contributed by atoms with E-state index in [4.69, 9.17) is 14.2 Å². The van der Waals surface area contributed by atoms with Crippen molar-refractivity contribution >= 4 is 5.97 Å². The van der Waals surface area contributed by atoms with E-state index in [1.165, 1.54) is 32.8 Å². The molecule has 2 aliphatic carbocycles. The second-order valence-corrected chi connectivity index (χ2v) is 9.27. The fourth-order valence-corrected chi connectivity index (χ4v) is 6.02. The maximum Gasteiger partial charge on any atom is 0.331 e. The van der Waals surface area contributed by atoms with Gasteiger partial charge in [-0.05, 0) is 61.7 Å². The average Bonchev–Trinajstić information content (AvgIpc) is 2.57. The van der Waals surface area contributed by atoms with Gasteiger partial charge in [0.05, 0.1) is 12.7 Å². The molecular formula is C21H38O5. The van der Waals surface area contributed by atoms with Crippen LogP contribution in [0.2, 0.25) is 0 Å². The summed E-state index contributed by atoms with van der Waals surface area (Å²) in [5.74, 6) is 0.740. The van der Waals surface area contributed by atoms with Crippen LogP contribution in [0.25, 0.3) is 0 Å². The predicted octanol–water partition coefficient (Wildman–Crippen LogP) is 4.19. The van der Waals surface area contributed by atoms with E-state index in [2.05, 4.69) is 32.4 Å². The molecular weight excluding hydrogens is 332 g/mol. The zero-order valence-electron chi connectivity index (χ0n) is 17.6. The van der Waals surface area contributed by atoms with Crippen LogP contribution in [-0.2, 0) is 23.7 Å². The summed E-state index contributed by atoms with van der Waals surface area (Å²) in [5, 5.41) is 0. The van der Waals surface area contributed by atoms with Crippen molar-refractivity contribution in [3.05, 3.63) is 0 Å². The Morgan fingerprint density at radius 2 is 1.81 bits per heavy atom. The highest BCUT2D eigenvalue weighted by Gasteiger charge is 2.58. The lowest BCUT2D eigenvalue weighted by molar-refractivity contribution is -0.223. The molecule has 0 N–H and O–H groups in total. The molecule has 152 valence electrons. The SMILES string of the molecule is COCO[C@]1(C)CC[C@H]2C(C)(C)CCC[C@]2(C)[C@H]1CCOCC(=O)OC. The Balaban J connectivity index is 2.17. The molecule has 26 heavy (non-hydrogen) atoms. The molecule has 4 atom stereocenters. The molecule has 0 aromatic carbocycles. The molecule has 0 radical (unpaired) electrons. The number of hydrogen-bond donors (Lipinski definition) is 0. The van der Waals surface area contributed by atoms with Gasteiger partial charge in [-0.2, -0.15) is 0 Å². The van der Waals surface area contributed by atoms with Crippen molar-refractivity contribution in [1.29, 1.82) is 0 Å². The molecule has 0 unspecified atom stereocenters. The maximum atomic E-state index is 11.3. The van der Waals surface area contributed by atoms with Crippen molar-refractivity contribution in [3.8, 4) is 0 Å². The molecule has 2 rings (SSSR count). The first-order valence-corrected chi connectivity index (χ1v) is 9.97.